The van der Waals surface area contributed by atoms with Crippen LogP contribution in [-0.4, -0.2) is 18.4 Å². The van der Waals surface area contributed by atoms with Crippen molar-refractivity contribution in [2.24, 2.45) is 5.41 Å². The molecular weight excluding hydrogens is 376 g/mol. The summed E-state index contributed by atoms with van der Waals surface area (Å²) in [6.45, 7) is 4.68. The maximum atomic E-state index is 13.2. The Morgan fingerprint density at radius 3 is 2.71 bits per heavy atom. The summed E-state index contributed by atoms with van der Waals surface area (Å²) in [7, 11) is 0. The number of carbonyl (C=O) groups excluding carboxylic acids is 2. The summed E-state index contributed by atoms with van der Waals surface area (Å²) in [5, 5.41) is 6.78. The molecular formula is C22H25ClN2O3. The van der Waals surface area contributed by atoms with Gasteiger partial charge in [0.05, 0.1) is 16.7 Å². The van der Waals surface area contributed by atoms with Crippen molar-refractivity contribution in [3.63, 3.8) is 0 Å². The normalized spacial score (nSPS) is 20.2. The Kier molecular flexibility index (Phi) is 4.74. The second-order valence-corrected chi connectivity index (χ2v) is 9.16. The van der Waals surface area contributed by atoms with Gasteiger partial charge in [0, 0.05) is 18.0 Å². The molecule has 0 unspecified atom stereocenters. The van der Waals surface area contributed by atoms with Gasteiger partial charge in [0.25, 0.3) is 11.8 Å². The Hall–Kier alpha value is -2.27. The van der Waals surface area contributed by atoms with E-state index in [0.717, 1.165) is 31.2 Å². The van der Waals surface area contributed by atoms with E-state index in [0.29, 0.717) is 34.9 Å². The van der Waals surface area contributed by atoms with Crippen LogP contribution >= 0.6 is 11.6 Å². The third kappa shape index (κ3) is 3.44. The summed E-state index contributed by atoms with van der Waals surface area (Å²) in [6.07, 6.45) is 5.78. The van der Waals surface area contributed by atoms with Crippen molar-refractivity contribution < 1.29 is 14.0 Å². The molecule has 0 spiro atoms. The highest BCUT2D eigenvalue weighted by molar-refractivity contribution is 6.30. The lowest BCUT2D eigenvalue weighted by Crippen LogP contribution is -2.44. The quantitative estimate of drug-likeness (QED) is 0.799. The van der Waals surface area contributed by atoms with Crippen LogP contribution in [0.25, 0.3) is 0 Å². The minimum atomic E-state index is -0.466. The van der Waals surface area contributed by atoms with Crippen molar-refractivity contribution >= 4 is 23.4 Å². The lowest BCUT2D eigenvalue weighted by atomic mass is 9.87. The van der Waals surface area contributed by atoms with Crippen LogP contribution < -0.4 is 10.6 Å². The fraction of sp³-hybridized carbons (Fsp3) is 0.455. The molecule has 2 aliphatic rings. The van der Waals surface area contributed by atoms with Gasteiger partial charge in [0.2, 0.25) is 0 Å². The highest BCUT2D eigenvalue weighted by Gasteiger charge is 2.39. The molecule has 0 atom stereocenters. The van der Waals surface area contributed by atoms with Crippen LogP contribution in [0, 0.1) is 5.41 Å². The van der Waals surface area contributed by atoms with E-state index in [-0.39, 0.29) is 17.2 Å². The van der Waals surface area contributed by atoms with Gasteiger partial charge in [0.15, 0.2) is 0 Å². The summed E-state index contributed by atoms with van der Waals surface area (Å²) in [5.74, 6) is 0.0535. The van der Waals surface area contributed by atoms with Crippen LogP contribution in [0.3, 0.4) is 0 Å². The van der Waals surface area contributed by atoms with Gasteiger partial charge in [-0.2, -0.15) is 0 Å². The molecule has 2 heterocycles. The average molecular weight is 401 g/mol. The van der Waals surface area contributed by atoms with Gasteiger partial charge >= 0.3 is 0 Å². The largest absolute Gasteiger partial charge is 0.468 e. The SMILES string of the molecule is CC1(C)CNC(=O)c2c(C(=O)NC3(c4cccc(Cl)c4)CCCC3)coc2C1. The van der Waals surface area contributed by atoms with Gasteiger partial charge in [0.1, 0.15) is 12.0 Å². The van der Waals surface area contributed by atoms with E-state index in [9.17, 15) is 9.59 Å². The third-order valence-electron chi connectivity index (χ3n) is 5.89. The maximum absolute atomic E-state index is 13.2. The molecule has 148 valence electrons. The van der Waals surface area contributed by atoms with Crippen molar-refractivity contribution in [2.75, 3.05) is 6.54 Å². The predicted octanol–water partition coefficient (Wildman–Crippen LogP) is 4.44. The molecule has 1 aromatic heterocycles. The first-order valence-corrected chi connectivity index (χ1v) is 10.1. The van der Waals surface area contributed by atoms with Gasteiger partial charge in [-0.05, 0) is 36.0 Å². The van der Waals surface area contributed by atoms with Crippen LogP contribution in [0.15, 0.2) is 34.9 Å². The van der Waals surface area contributed by atoms with Crippen molar-refractivity contribution in [1.82, 2.24) is 10.6 Å². The number of rotatable bonds is 3. The van der Waals surface area contributed by atoms with E-state index in [1.165, 1.54) is 6.26 Å². The summed E-state index contributed by atoms with van der Waals surface area (Å²) in [4.78, 5) is 25.9. The highest BCUT2D eigenvalue weighted by Crippen LogP contribution is 2.40. The van der Waals surface area contributed by atoms with Gasteiger partial charge in [-0.15, -0.1) is 0 Å². The fourth-order valence-electron chi connectivity index (χ4n) is 4.38. The average Bonchev–Trinajstić information content (AvgIpc) is 3.25. The van der Waals surface area contributed by atoms with Gasteiger partial charge < -0.3 is 15.1 Å². The van der Waals surface area contributed by atoms with Crippen molar-refractivity contribution in [3.8, 4) is 0 Å². The lowest BCUT2D eigenvalue weighted by Gasteiger charge is -2.31. The molecule has 0 radical (unpaired) electrons. The van der Waals surface area contributed by atoms with E-state index in [1.54, 1.807) is 0 Å². The number of fused-ring (bicyclic) bond motifs is 1. The smallest absolute Gasteiger partial charge is 0.256 e. The van der Waals surface area contributed by atoms with Crippen molar-refractivity contribution in [3.05, 3.63) is 58.0 Å². The van der Waals surface area contributed by atoms with E-state index in [1.807, 2.05) is 24.3 Å². The van der Waals surface area contributed by atoms with E-state index in [2.05, 4.69) is 24.5 Å². The number of benzene rings is 1. The number of carbonyl (C=O) groups is 2. The van der Waals surface area contributed by atoms with E-state index in [4.69, 9.17) is 16.0 Å². The number of nitrogens with one attached hydrogen (secondary N) is 2. The molecule has 0 bridgehead atoms. The first-order valence-electron chi connectivity index (χ1n) is 9.77. The van der Waals surface area contributed by atoms with Crippen LogP contribution in [0.4, 0.5) is 0 Å². The number of amides is 2. The van der Waals surface area contributed by atoms with E-state index < -0.39 is 5.54 Å². The monoisotopic (exact) mass is 400 g/mol. The first kappa shape index (κ1) is 19.1. The fourth-order valence-corrected chi connectivity index (χ4v) is 4.57. The molecule has 2 amide bonds. The highest BCUT2D eigenvalue weighted by atomic mass is 35.5. The molecule has 28 heavy (non-hydrogen) atoms. The van der Waals surface area contributed by atoms with Gasteiger partial charge in [-0.25, -0.2) is 0 Å². The molecule has 1 fully saturated rings. The van der Waals surface area contributed by atoms with Crippen molar-refractivity contribution in [1.29, 1.82) is 0 Å². The Morgan fingerprint density at radius 1 is 1.25 bits per heavy atom. The standard InChI is InChI=1S/C22H25ClN2O3/c1-21(2)11-17-18(20(27)24-13-21)16(12-28-17)19(26)25-22(8-3-4-9-22)14-6-5-7-15(23)10-14/h5-7,10,12H,3-4,8-9,11,13H2,1-2H3,(H,24,27)(H,25,26). The summed E-state index contributed by atoms with van der Waals surface area (Å²) < 4.78 is 5.67. The molecule has 1 saturated carbocycles. The molecule has 1 aromatic carbocycles. The molecule has 2 N–H and O–H groups in total. The lowest BCUT2D eigenvalue weighted by molar-refractivity contribution is 0.0880. The second kappa shape index (κ2) is 6.96. The summed E-state index contributed by atoms with van der Waals surface area (Å²) >= 11 is 6.20. The number of halogens is 1. The first-order chi connectivity index (χ1) is 13.3. The molecule has 0 saturated heterocycles. The van der Waals surface area contributed by atoms with Crippen molar-refractivity contribution in [2.45, 2.75) is 51.5 Å². The van der Waals surface area contributed by atoms with Crippen LogP contribution in [0.1, 0.15) is 71.6 Å². The zero-order valence-electron chi connectivity index (χ0n) is 16.2. The van der Waals surface area contributed by atoms with Crippen LogP contribution in [-0.2, 0) is 12.0 Å². The number of furan rings is 1. The second-order valence-electron chi connectivity index (χ2n) is 8.72. The minimum Gasteiger partial charge on any atom is -0.468 e. The zero-order valence-corrected chi connectivity index (χ0v) is 17.0. The topological polar surface area (TPSA) is 71.3 Å². The Morgan fingerprint density at radius 2 is 2.00 bits per heavy atom. The molecule has 6 heteroatoms. The minimum absolute atomic E-state index is 0.125. The number of hydrogen-bond donors (Lipinski definition) is 2. The Bertz CT molecular complexity index is 926. The molecule has 1 aliphatic heterocycles. The number of hydrogen-bond acceptors (Lipinski definition) is 3. The molecule has 4 rings (SSSR count). The maximum Gasteiger partial charge on any atom is 0.256 e. The third-order valence-corrected chi connectivity index (χ3v) is 6.13. The summed E-state index contributed by atoms with van der Waals surface area (Å²) in [6, 6.07) is 7.65. The Labute approximate surface area is 169 Å². The molecule has 5 nitrogen and oxygen atoms in total. The van der Waals surface area contributed by atoms with Crippen LogP contribution in [0.2, 0.25) is 5.02 Å². The summed E-state index contributed by atoms with van der Waals surface area (Å²) in [5.41, 5.74) is 1.08. The van der Waals surface area contributed by atoms with Gasteiger partial charge in [-0.1, -0.05) is 50.4 Å². The Balaban J connectivity index is 1.67. The van der Waals surface area contributed by atoms with Crippen LogP contribution in [0.5, 0.6) is 0 Å². The zero-order chi connectivity index (χ0) is 19.9. The van der Waals surface area contributed by atoms with Gasteiger partial charge in [-0.3, -0.25) is 9.59 Å². The predicted molar refractivity (Wildman–Crippen MR) is 108 cm³/mol. The van der Waals surface area contributed by atoms with E-state index >= 15 is 0 Å². The molecule has 2 aromatic rings. The molecule has 1 aliphatic carbocycles.